The van der Waals surface area contributed by atoms with Crippen molar-refractivity contribution in [3.05, 3.63) is 23.2 Å². The molecule has 0 aliphatic heterocycles. The van der Waals surface area contributed by atoms with Gasteiger partial charge in [0.2, 0.25) is 0 Å². The summed E-state index contributed by atoms with van der Waals surface area (Å²) in [5.74, 6) is 2.86. The van der Waals surface area contributed by atoms with E-state index in [1.807, 2.05) is 0 Å². The lowest BCUT2D eigenvalue weighted by Crippen LogP contribution is -1.95. The summed E-state index contributed by atoms with van der Waals surface area (Å²) in [4.78, 5) is 0. The summed E-state index contributed by atoms with van der Waals surface area (Å²) in [6.45, 7) is 0.198. The summed E-state index contributed by atoms with van der Waals surface area (Å²) in [5.41, 5.74) is 6.11. The van der Waals surface area contributed by atoms with Crippen LogP contribution in [0.4, 0.5) is 5.69 Å². The first-order valence-electron chi connectivity index (χ1n) is 3.35. The molecular formula is C9H8ClNO. The van der Waals surface area contributed by atoms with Gasteiger partial charge in [0.15, 0.2) is 0 Å². The number of hydrogen-bond donors (Lipinski definition) is 1. The summed E-state index contributed by atoms with van der Waals surface area (Å²) in [5, 5.41) is 0.513. The van der Waals surface area contributed by atoms with Crippen LogP contribution >= 0.6 is 11.6 Å². The van der Waals surface area contributed by atoms with Gasteiger partial charge in [-0.3, -0.25) is 0 Å². The van der Waals surface area contributed by atoms with E-state index in [0.717, 1.165) is 0 Å². The highest BCUT2D eigenvalue weighted by Gasteiger charge is 1.99. The maximum atomic E-state index is 5.78. The first kappa shape index (κ1) is 8.76. The molecule has 0 aliphatic carbocycles. The quantitative estimate of drug-likeness (QED) is 0.559. The van der Waals surface area contributed by atoms with Crippen LogP contribution in [-0.4, -0.2) is 6.61 Å². The molecule has 3 heteroatoms. The van der Waals surface area contributed by atoms with E-state index in [1.54, 1.807) is 18.2 Å². The number of halogens is 1. The van der Waals surface area contributed by atoms with E-state index in [0.29, 0.717) is 16.5 Å². The fourth-order valence-electron chi connectivity index (χ4n) is 0.750. The summed E-state index contributed by atoms with van der Waals surface area (Å²) < 4.78 is 5.12. The predicted molar refractivity (Wildman–Crippen MR) is 50.2 cm³/mol. The van der Waals surface area contributed by atoms with Crippen molar-refractivity contribution in [1.82, 2.24) is 0 Å². The normalized spacial score (nSPS) is 9.00. The summed E-state index contributed by atoms with van der Waals surface area (Å²) >= 11 is 5.78. The number of benzene rings is 1. The van der Waals surface area contributed by atoms with Crippen LogP contribution in [0.25, 0.3) is 0 Å². The molecule has 2 N–H and O–H groups in total. The summed E-state index contributed by atoms with van der Waals surface area (Å²) in [6.07, 6.45) is 5.02. The van der Waals surface area contributed by atoms with Gasteiger partial charge in [-0.15, -0.1) is 6.42 Å². The minimum Gasteiger partial charge on any atom is -0.479 e. The van der Waals surface area contributed by atoms with Crippen LogP contribution in [0, 0.1) is 12.3 Å². The molecule has 0 spiro atoms. The van der Waals surface area contributed by atoms with Crippen molar-refractivity contribution < 1.29 is 4.74 Å². The Bertz CT molecular complexity index is 317. The van der Waals surface area contributed by atoms with Gasteiger partial charge >= 0.3 is 0 Å². The van der Waals surface area contributed by atoms with Gasteiger partial charge in [-0.2, -0.15) is 0 Å². The molecule has 0 aliphatic rings. The maximum absolute atomic E-state index is 5.78. The van der Waals surface area contributed by atoms with Crippen LogP contribution in [0.2, 0.25) is 5.02 Å². The van der Waals surface area contributed by atoms with E-state index in [4.69, 9.17) is 28.5 Å². The Balaban J connectivity index is 2.84. The van der Waals surface area contributed by atoms with Gasteiger partial charge in [-0.05, 0) is 12.1 Å². The van der Waals surface area contributed by atoms with Crippen molar-refractivity contribution in [3.63, 3.8) is 0 Å². The second-order valence-electron chi connectivity index (χ2n) is 2.18. The van der Waals surface area contributed by atoms with Gasteiger partial charge in [-0.25, -0.2) is 0 Å². The Morgan fingerprint density at radius 3 is 3.00 bits per heavy atom. The highest BCUT2D eigenvalue weighted by Crippen LogP contribution is 2.26. The lowest BCUT2D eigenvalue weighted by atomic mass is 10.3. The average molecular weight is 182 g/mol. The zero-order valence-electron chi connectivity index (χ0n) is 6.38. The van der Waals surface area contributed by atoms with Crippen LogP contribution in [0.3, 0.4) is 0 Å². The second-order valence-corrected chi connectivity index (χ2v) is 2.59. The van der Waals surface area contributed by atoms with Gasteiger partial charge in [0.25, 0.3) is 0 Å². The molecular weight excluding hydrogens is 174 g/mol. The number of terminal acetylenes is 1. The Labute approximate surface area is 76.3 Å². The molecule has 0 fully saturated rings. The van der Waals surface area contributed by atoms with E-state index in [-0.39, 0.29) is 6.61 Å². The fraction of sp³-hybridized carbons (Fsp3) is 0.111. The van der Waals surface area contributed by atoms with Crippen molar-refractivity contribution in [2.24, 2.45) is 0 Å². The number of ether oxygens (including phenoxy) is 1. The molecule has 12 heavy (non-hydrogen) atoms. The van der Waals surface area contributed by atoms with Crippen molar-refractivity contribution in [3.8, 4) is 18.1 Å². The molecule has 0 radical (unpaired) electrons. The van der Waals surface area contributed by atoms with Crippen LogP contribution in [0.5, 0.6) is 5.75 Å². The third kappa shape index (κ3) is 2.08. The maximum Gasteiger partial charge on any atom is 0.148 e. The van der Waals surface area contributed by atoms with Crippen molar-refractivity contribution in [2.45, 2.75) is 0 Å². The predicted octanol–water partition coefficient (Wildman–Crippen LogP) is 1.93. The van der Waals surface area contributed by atoms with Gasteiger partial charge in [0, 0.05) is 11.8 Å². The van der Waals surface area contributed by atoms with E-state index in [9.17, 15) is 0 Å². The van der Waals surface area contributed by atoms with Gasteiger partial charge in [0.05, 0.1) is 5.02 Å². The molecule has 0 atom stereocenters. The molecule has 1 aromatic carbocycles. The monoisotopic (exact) mass is 181 g/mol. The van der Waals surface area contributed by atoms with Crippen LogP contribution in [0.1, 0.15) is 0 Å². The largest absolute Gasteiger partial charge is 0.479 e. The summed E-state index contributed by atoms with van der Waals surface area (Å²) in [6, 6.07) is 5.01. The fourth-order valence-corrected chi connectivity index (χ4v) is 0.922. The molecule has 62 valence electrons. The van der Waals surface area contributed by atoms with Gasteiger partial charge in [-0.1, -0.05) is 17.5 Å². The number of nitrogen functional groups attached to an aromatic ring is 1. The lowest BCUT2D eigenvalue weighted by molar-refractivity contribution is 0.371. The topological polar surface area (TPSA) is 35.2 Å². The van der Waals surface area contributed by atoms with Crippen LogP contribution < -0.4 is 10.5 Å². The van der Waals surface area contributed by atoms with E-state index in [1.165, 1.54) is 0 Å². The number of nitrogens with two attached hydrogens (primary N) is 1. The molecule has 0 bridgehead atoms. The molecule has 1 aromatic rings. The number of rotatable bonds is 2. The zero-order chi connectivity index (χ0) is 8.97. The lowest BCUT2D eigenvalue weighted by Gasteiger charge is -2.04. The van der Waals surface area contributed by atoms with Gasteiger partial charge < -0.3 is 10.5 Å². The molecule has 1 rings (SSSR count). The van der Waals surface area contributed by atoms with Crippen molar-refractivity contribution in [2.75, 3.05) is 12.3 Å². The standard InChI is InChI=1S/C9H8ClNO/c1-2-5-12-9-6-7(11)3-4-8(9)10/h1,3-4,6H,5,11H2. The Morgan fingerprint density at radius 1 is 1.58 bits per heavy atom. The second kappa shape index (κ2) is 3.89. The van der Waals surface area contributed by atoms with Crippen molar-refractivity contribution in [1.29, 1.82) is 0 Å². The smallest absolute Gasteiger partial charge is 0.148 e. The highest BCUT2D eigenvalue weighted by atomic mass is 35.5. The van der Waals surface area contributed by atoms with E-state index >= 15 is 0 Å². The summed E-state index contributed by atoms with van der Waals surface area (Å²) in [7, 11) is 0. The molecule has 0 saturated carbocycles. The Morgan fingerprint density at radius 2 is 2.33 bits per heavy atom. The highest BCUT2D eigenvalue weighted by molar-refractivity contribution is 6.32. The number of anilines is 1. The SMILES string of the molecule is C#CCOc1cc(N)ccc1Cl. The molecule has 0 aromatic heterocycles. The average Bonchev–Trinajstić information content (AvgIpc) is 2.07. The minimum atomic E-state index is 0.198. The van der Waals surface area contributed by atoms with Crippen LogP contribution in [0.15, 0.2) is 18.2 Å². The molecule has 0 amide bonds. The van der Waals surface area contributed by atoms with E-state index < -0.39 is 0 Å². The first-order valence-corrected chi connectivity index (χ1v) is 3.73. The van der Waals surface area contributed by atoms with E-state index in [2.05, 4.69) is 5.92 Å². The third-order valence-corrected chi connectivity index (χ3v) is 1.58. The molecule has 0 unspecified atom stereocenters. The van der Waals surface area contributed by atoms with Crippen molar-refractivity contribution >= 4 is 17.3 Å². The minimum absolute atomic E-state index is 0.198. The number of hydrogen-bond acceptors (Lipinski definition) is 2. The third-order valence-electron chi connectivity index (χ3n) is 1.27. The zero-order valence-corrected chi connectivity index (χ0v) is 7.14. The van der Waals surface area contributed by atoms with Gasteiger partial charge in [0.1, 0.15) is 12.4 Å². The Kier molecular flexibility index (Phi) is 2.84. The molecule has 0 heterocycles. The molecule has 2 nitrogen and oxygen atoms in total. The Hall–Kier alpha value is -1.33. The van der Waals surface area contributed by atoms with Crippen LogP contribution in [-0.2, 0) is 0 Å². The first-order chi connectivity index (χ1) is 5.74. The molecule has 0 saturated heterocycles.